The number of unbranched alkanes of at least 4 members (excludes halogenated alkanes) is 1. The zero-order chi connectivity index (χ0) is 18.4. The second kappa shape index (κ2) is 8.22. The smallest absolute Gasteiger partial charge is 0.325 e. The minimum Gasteiger partial charge on any atom is -0.464 e. The molecule has 2 heterocycles. The van der Waals surface area contributed by atoms with E-state index in [2.05, 4.69) is 15.5 Å². The summed E-state index contributed by atoms with van der Waals surface area (Å²) in [6, 6.07) is 1.38. The zero-order valence-electron chi connectivity index (χ0n) is 14.4. The Morgan fingerprint density at radius 1 is 1.44 bits per heavy atom. The van der Waals surface area contributed by atoms with Crippen LogP contribution in [-0.2, 0) is 9.53 Å². The summed E-state index contributed by atoms with van der Waals surface area (Å²) in [6.45, 7) is 5.59. The number of anilines is 1. The fraction of sp³-hybridized carbons (Fsp3) is 0.438. The lowest BCUT2D eigenvalue weighted by molar-refractivity contribution is -0.384. The molecule has 0 aromatic carbocycles. The zero-order valence-corrected chi connectivity index (χ0v) is 14.4. The summed E-state index contributed by atoms with van der Waals surface area (Å²) in [7, 11) is 0. The SMILES string of the molecule is CCCCOC(=O)CNc1ncc(-c2c(C)noc2C)cc1[N+](=O)[O-]. The lowest BCUT2D eigenvalue weighted by atomic mass is 10.1. The van der Waals surface area contributed by atoms with Gasteiger partial charge in [-0.1, -0.05) is 18.5 Å². The van der Waals surface area contributed by atoms with Crippen LogP contribution in [0.3, 0.4) is 0 Å². The van der Waals surface area contributed by atoms with Crippen molar-refractivity contribution in [2.45, 2.75) is 33.6 Å². The largest absolute Gasteiger partial charge is 0.464 e. The van der Waals surface area contributed by atoms with Gasteiger partial charge in [0.25, 0.3) is 0 Å². The van der Waals surface area contributed by atoms with Crippen molar-refractivity contribution >= 4 is 17.5 Å². The fourth-order valence-electron chi connectivity index (χ4n) is 2.30. The maximum atomic E-state index is 11.6. The van der Waals surface area contributed by atoms with Gasteiger partial charge in [-0.3, -0.25) is 14.9 Å². The minimum atomic E-state index is -0.556. The number of nitro groups is 1. The van der Waals surface area contributed by atoms with E-state index in [1.807, 2.05) is 6.92 Å². The highest BCUT2D eigenvalue weighted by Crippen LogP contribution is 2.31. The number of nitrogens with zero attached hydrogens (tertiary/aromatic N) is 3. The Bertz CT molecular complexity index is 752. The van der Waals surface area contributed by atoms with Crippen LogP contribution in [0.25, 0.3) is 11.1 Å². The third-order valence-corrected chi connectivity index (χ3v) is 3.55. The minimum absolute atomic E-state index is 0.00736. The van der Waals surface area contributed by atoms with Crippen LogP contribution < -0.4 is 5.32 Å². The van der Waals surface area contributed by atoms with Crippen LogP contribution in [0.15, 0.2) is 16.8 Å². The van der Waals surface area contributed by atoms with Crippen molar-refractivity contribution in [3.63, 3.8) is 0 Å². The molecule has 25 heavy (non-hydrogen) atoms. The quantitative estimate of drug-likeness (QED) is 0.334. The molecule has 1 N–H and O–H groups in total. The van der Waals surface area contributed by atoms with E-state index in [1.165, 1.54) is 12.3 Å². The Morgan fingerprint density at radius 3 is 2.80 bits per heavy atom. The van der Waals surface area contributed by atoms with E-state index >= 15 is 0 Å². The molecule has 9 nitrogen and oxygen atoms in total. The molecular weight excluding hydrogens is 328 g/mol. The molecule has 134 valence electrons. The van der Waals surface area contributed by atoms with Crippen LogP contribution in [0.1, 0.15) is 31.2 Å². The van der Waals surface area contributed by atoms with Crippen molar-refractivity contribution < 1.29 is 19.0 Å². The molecule has 0 fully saturated rings. The summed E-state index contributed by atoms with van der Waals surface area (Å²) in [5.41, 5.74) is 1.58. The van der Waals surface area contributed by atoms with Crippen molar-refractivity contribution in [2.24, 2.45) is 0 Å². The molecule has 0 saturated carbocycles. The number of esters is 1. The number of hydrogen-bond acceptors (Lipinski definition) is 8. The number of nitrogens with one attached hydrogen (secondary N) is 1. The van der Waals surface area contributed by atoms with Crippen molar-refractivity contribution in [1.82, 2.24) is 10.1 Å². The van der Waals surface area contributed by atoms with Crippen LogP contribution in [0.5, 0.6) is 0 Å². The number of carbonyl (C=O) groups is 1. The number of aryl methyl sites for hydroxylation is 2. The number of hydrogen-bond donors (Lipinski definition) is 1. The predicted molar refractivity (Wildman–Crippen MR) is 90.2 cm³/mol. The monoisotopic (exact) mass is 348 g/mol. The first-order valence-electron chi connectivity index (χ1n) is 7.91. The van der Waals surface area contributed by atoms with Gasteiger partial charge in [0.1, 0.15) is 12.3 Å². The average molecular weight is 348 g/mol. The molecule has 0 saturated heterocycles. The molecule has 0 aliphatic carbocycles. The molecule has 0 bridgehead atoms. The van der Waals surface area contributed by atoms with Crippen molar-refractivity contribution in [3.05, 3.63) is 33.8 Å². The number of rotatable bonds is 8. The first kappa shape index (κ1) is 18.4. The van der Waals surface area contributed by atoms with Crippen molar-refractivity contribution in [3.8, 4) is 11.1 Å². The van der Waals surface area contributed by atoms with Crippen LogP contribution in [0.4, 0.5) is 11.5 Å². The average Bonchev–Trinajstić information content (AvgIpc) is 2.91. The predicted octanol–water partition coefficient (Wildman–Crippen LogP) is 3.02. The summed E-state index contributed by atoms with van der Waals surface area (Å²) >= 11 is 0. The second-order valence-electron chi connectivity index (χ2n) is 5.48. The van der Waals surface area contributed by atoms with Crippen LogP contribution in [-0.4, -0.2) is 34.2 Å². The highest BCUT2D eigenvalue weighted by atomic mass is 16.6. The Balaban J connectivity index is 2.17. The maximum Gasteiger partial charge on any atom is 0.325 e. The first-order valence-corrected chi connectivity index (χ1v) is 7.91. The highest BCUT2D eigenvalue weighted by Gasteiger charge is 2.20. The van der Waals surface area contributed by atoms with Gasteiger partial charge in [0, 0.05) is 23.4 Å². The third kappa shape index (κ3) is 4.52. The Labute approximate surface area is 144 Å². The molecule has 2 rings (SSSR count). The van der Waals surface area contributed by atoms with Crippen LogP contribution in [0.2, 0.25) is 0 Å². The highest BCUT2D eigenvalue weighted by molar-refractivity contribution is 5.77. The number of ether oxygens (including phenoxy) is 1. The van der Waals surface area contributed by atoms with Crippen LogP contribution in [0, 0.1) is 24.0 Å². The maximum absolute atomic E-state index is 11.6. The van der Waals surface area contributed by atoms with Gasteiger partial charge in [-0.15, -0.1) is 0 Å². The summed E-state index contributed by atoms with van der Waals surface area (Å²) < 4.78 is 10.1. The second-order valence-corrected chi connectivity index (χ2v) is 5.48. The van der Waals surface area contributed by atoms with E-state index in [-0.39, 0.29) is 18.1 Å². The van der Waals surface area contributed by atoms with Gasteiger partial charge >= 0.3 is 11.7 Å². The molecule has 0 aliphatic heterocycles. The van der Waals surface area contributed by atoms with E-state index in [0.29, 0.717) is 29.2 Å². The van der Waals surface area contributed by atoms with E-state index < -0.39 is 10.9 Å². The van der Waals surface area contributed by atoms with E-state index in [9.17, 15) is 14.9 Å². The van der Waals surface area contributed by atoms with Gasteiger partial charge in [0.05, 0.1) is 17.2 Å². The van der Waals surface area contributed by atoms with E-state index in [4.69, 9.17) is 9.26 Å². The summed E-state index contributed by atoms with van der Waals surface area (Å²) in [5.74, 6) is 0.0705. The normalized spacial score (nSPS) is 10.5. The van der Waals surface area contributed by atoms with Gasteiger partial charge in [-0.2, -0.15) is 0 Å². The van der Waals surface area contributed by atoms with E-state index in [0.717, 1.165) is 12.8 Å². The Hall–Kier alpha value is -2.97. The van der Waals surface area contributed by atoms with E-state index in [1.54, 1.807) is 13.8 Å². The van der Waals surface area contributed by atoms with Crippen molar-refractivity contribution in [2.75, 3.05) is 18.5 Å². The van der Waals surface area contributed by atoms with Gasteiger partial charge in [-0.25, -0.2) is 4.98 Å². The van der Waals surface area contributed by atoms with Gasteiger partial charge in [0.2, 0.25) is 5.82 Å². The molecule has 0 aliphatic rings. The topological polar surface area (TPSA) is 120 Å². The van der Waals surface area contributed by atoms with Crippen molar-refractivity contribution in [1.29, 1.82) is 0 Å². The summed E-state index contributed by atoms with van der Waals surface area (Å²) in [5, 5.41) is 17.8. The molecule has 0 radical (unpaired) electrons. The molecule has 0 unspecified atom stereocenters. The molecular formula is C16H20N4O5. The molecule has 2 aromatic heterocycles. The number of pyridine rings is 1. The summed E-state index contributed by atoms with van der Waals surface area (Å²) in [4.78, 5) is 26.5. The molecule has 9 heteroatoms. The standard InChI is InChI=1S/C16H20N4O5/c1-4-5-6-24-14(21)9-18-16-13(20(22)23)7-12(8-17-16)15-10(2)19-25-11(15)3/h7-8H,4-6,9H2,1-3H3,(H,17,18). The summed E-state index contributed by atoms with van der Waals surface area (Å²) in [6.07, 6.45) is 3.16. The lowest BCUT2D eigenvalue weighted by Gasteiger charge is -2.08. The van der Waals surface area contributed by atoms with Gasteiger partial charge in [-0.05, 0) is 20.3 Å². The number of aromatic nitrogens is 2. The Morgan fingerprint density at radius 2 is 2.20 bits per heavy atom. The molecule has 0 spiro atoms. The molecule has 2 aromatic rings. The lowest BCUT2D eigenvalue weighted by Crippen LogP contribution is -2.18. The molecule has 0 atom stereocenters. The van der Waals surface area contributed by atoms with Crippen LogP contribution >= 0.6 is 0 Å². The fourth-order valence-corrected chi connectivity index (χ4v) is 2.30. The number of carbonyl (C=O) groups excluding carboxylic acids is 1. The van der Waals surface area contributed by atoms with Gasteiger partial charge < -0.3 is 14.6 Å². The van der Waals surface area contributed by atoms with Gasteiger partial charge in [0.15, 0.2) is 0 Å². The Kier molecular flexibility index (Phi) is 6.04. The third-order valence-electron chi connectivity index (χ3n) is 3.55. The first-order chi connectivity index (χ1) is 11.9. The molecule has 0 amide bonds.